The summed E-state index contributed by atoms with van der Waals surface area (Å²) in [6.45, 7) is 1.80. The number of aromatic nitrogens is 1. The number of carbonyl (C=O) groups is 4. The number of anilines is 1. The summed E-state index contributed by atoms with van der Waals surface area (Å²) in [5, 5.41) is 0. The van der Waals surface area contributed by atoms with Crippen LogP contribution in [0.4, 0.5) is 10.5 Å². The van der Waals surface area contributed by atoms with Gasteiger partial charge in [-0.1, -0.05) is 12.8 Å². The van der Waals surface area contributed by atoms with Crippen LogP contribution in [0.1, 0.15) is 56.9 Å². The number of imide groups is 2. The molecule has 5 rings (SSSR count). The topological polar surface area (TPSA) is 117 Å². The Morgan fingerprint density at radius 2 is 1.87 bits per heavy atom. The number of hydrogen-bond donors (Lipinski definition) is 1. The van der Waals surface area contributed by atoms with E-state index < -0.39 is 29.6 Å². The van der Waals surface area contributed by atoms with E-state index in [1.165, 1.54) is 6.20 Å². The zero-order valence-electron chi connectivity index (χ0n) is 17.6. The number of rotatable bonds is 2. The molecule has 4 heterocycles. The second-order valence-electron chi connectivity index (χ2n) is 9.17. The molecule has 0 radical (unpaired) electrons. The fraction of sp³-hybridized carbons (Fsp3) is 0.591. The Labute approximate surface area is 180 Å². The Hall–Kier alpha value is -2.81. The highest BCUT2D eigenvalue weighted by Crippen LogP contribution is 2.50. The van der Waals surface area contributed by atoms with Crippen LogP contribution in [0.2, 0.25) is 0 Å². The van der Waals surface area contributed by atoms with Gasteiger partial charge in [0.05, 0.1) is 17.9 Å². The predicted octanol–water partition coefficient (Wildman–Crippen LogP) is 1.48. The summed E-state index contributed by atoms with van der Waals surface area (Å²) in [4.78, 5) is 61.3. The van der Waals surface area contributed by atoms with Crippen molar-refractivity contribution >= 4 is 29.4 Å². The van der Waals surface area contributed by atoms with Gasteiger partial charge in [0, 0.05) is 12.2 Å². The second-order valence-corrected chi connectivity index (χ2v) is 9.17. The first-order valence-electron chi connectivity index (χ1n) is 11.1. The molecule has 1 aliphatic carbocycles. The van der Waals surface area contributed by atoms with Gasteiger partial charge < -0.3 is 10.6 Å². The van der Waals surface area contributed by atoms with E-state index in [4.69, 9.17) is 5.73 Å². The summed E-state index contributed by atoms with van der Waals surface area (Å²) in [5.41, 5.74) is 6.10. The fourth-order valence-corrected chi connectivity index (χ4v) is 5.39. The normalized spacial score (nSPS) is 29.9. The maximum Gasteiger partial charge on any atom is 0.339 e. The van der Waals surface area contributed by atoms with Crippen molar-refractivity contribution in [1.82, 2.24) is 14.8 Å². The van der Waals surface area contributed by atoms with Gasteiger partial charge in [-0.15, -0.1) is 0 Å². The highest BCUT2D eigenvalue weighted by molar-refractivity contribution is 6.29. The van der Waals surface area contributed by atoms with Gasteiger partial charge in [0.25, 0.3) is 11.8 Å². The number of nitrogens with zero attached hydrogens (tertiary/aromatic N) is 4. The molecule has 1 aromatic rings. The summed E-state index contributed by atoms with van der Waals surface area (Å²) < 4.78 is 0. The molecule has 3 atom stereocenters. The minimum atomic E-state index is -1.12. The molecule has 5 amide bonds. The van der Waals surface area contributed by atoms with E-state index >= 15 is 0 Å². The molecule has 4 fully saturated rings. The molecule has 164 valence electrons. The number of hydrogen-bond acceptors (Lipinski definition) is 6. The number of urea groups is 1. The number of amides is 5. The van der Waals surface area contributed by atoms with Gasteiger partial charge >= 0.3 is 6.03 Å². The lowest BCUT2D eigenvalue weighted by Crippen LogP contribution is -2.57. The van der Waals surface area contributed by atoms with Gasteiger partial charge in [-0.25, -0.2) is 14.6 Å². The van der Waals surface area contributed by atoms with Gasteiger partial charge in [0.2, 0.25) is 5.91 Å². The zero-order valence-corrected chi connectivity index (χ0v) is 17.6. The van der Waals surface area contributed by atoms with E-state index in [0.29, 0.717) is 37.8 Å². The van der Waals surface area contributed by atoms with E-state index in [-0.39, 0.29) is 17.9 Å². The standard InChI is InChI=1S/C22H27N5O4/c1-13-8-11-24-12-17(13)26-20(30)22(9-10-22)27(21(26)31)19(29)16-7-6-14-4-2-3-5-15(23)18(28)25(14)16/h8,11-12,14-16H,2-7,9-10,23H2,1H3/t14-,15-,16-/m0/s1. The van der Waals surface area contributed by atoms with Gasteiger partial charge in [-0.05, 0) is 57.1 Å². The van der Waals surface area contributed by atoms with Crippen LogP contribution >= 0.6 is 0 Å². The zero-order chi connectivity index (χ0) is 21.9. The molecule has 1 aromatic heterocycles. The molecular formula is C22H27N5O4. The first kappa shape index (κ1) is 20.1. The van der Waals surface area contributed by atoms with Crippen molar-refractivity contribution in [2.24, 2.45) is 5.73 Å². The van der Waals surface area contributed by atoms with E-state index in [1.54, 1.807) is 24.1 Å². The quantitative estimate of drug-likeness (QED) is 0.718. The lowest BCUT2D eigenvalue weighted by Gasteiger charge is -2.35. The number of fused-ring (bicyclic) bond motifs is 1. The molecule has 0 aromatic carbocycles. The first-order chi connectivity index (χ1) is 14.9. The summed E-state index contributed by atoms with van der Waals surface area (Å²) in [7, 11) is 0. The molecule has 0 bridgehead atoms. The van der Waals surface area contributed by atoms with Crippen molar-refractivity contribution in [1.29, 1.82) is 0 Å². The Bertz CT molecular complexity index is 974. The summed E-state index contributed by atoms with van der Waals surface area (Å²) in [5.74, 6) is -1.06. The minimum absolute atomic E-state index is 0.0342. The molecular weight excluding hydrogens is 398 g/mol. The Balaban J connectivity index is 1.48. The monoisotopic (exact) mass is 425 g/mol. The molecule has 31 heavy (non-hydrogen) atoms. The predicted molar refractivity (Wildman–Crippen MR) is 111 cm³/mol. The van der Waals surface area contributed by atoms with Crippen molar-refractivity contribution in [3.05, 3.63) is 24.0 Å². The van der Waals surface area contributed by atoms with Crippen molar-refractivity contribution in [3.8, 4) is 0 Å². The highest BCUT2D eigenvalue weighted by Gasteiger charge is 2.68. The van der Waals surface area contributed by atoms with Crippen molar-refractivity contribution in [2.75, 3.05) is 4.90 Å². The molecule has 4 aliphatic rings. The average molecular weight is 425 g/mol. The maximum atomic E-state index is 13.7. The number of carbonyl (C=O) groups excluding carboxylic acids is 4. The second kappa shape index (κ2) is 7.12. The highest BCUT2D eigenvalue weighted by atomic mass is 16.2. The summed E-state index contributed by atoms with van der Waals surface area (Å²) in [6, 6.07) is -0.326. The number of nitrogens with two attached hydrogens (primary N) is 1. The summed E-state index contributed by atoms with van der Waals surface area (Å²) in [6.07, 6.45) is 8.45. The molecule has 9 heteroatoms. The van der Waals surface area contributed by atoms with Gasteiger partial charge in [-0.3, -0.25) is 19.4 Å². The van der Waals surface area contributed by atoms with Crippen molar-refractivity contribution in [2.45, 2.75) is 82.0 Å². The van der Waals surface area contributed by atoms with E-state index in [2.05, 4.69) is 4.98 Å². The molecule has 3 saturated heterocycles. The largest absolute Gasteiger partial charge is 0.339 e. The van der Waals surface area contributed by atoms with Crippen molar-refractivity contribution < 1.29 is 19.2 Å². The molecule has 0 unspecified atom stereocenters. The van der Waals surface area contributed by atoms with Crippen LogP contribution in [-0.2, 0) is 14.4 Å². The lowest BCUT2D eigenvalue weighted by atomic mass is 9.99. The van der Waals surface area contributed by atoms with Gasteiger partial charge in [-0.2, -0.15) is 0 Å². The van der Waals surface area contributed by atoms with Crippen LogP contribution in [0.15, 0.2) is 18.5 Å². The molecule has 1 spiro atoms. The van der Waals surface area contributed by atoms with Crippen LogP contribution in [0.25, 0.3) is 0 Å². The Kier molecular flexibility index (Phi) is 4.62. The minimum Gasteiger partial charge on any atom is -0.326 e. The molecule has 2 N–H and O–H groups in total. The Morgan fingerprint density at radius 1 is 1.13 bits per heavy atom. The smallest absolute Gasteiger partial charge is 0.326 e. The molecule has 3 aliphatic heterocycles. The lowest BCUT2D eigenvalue weighted by molar-refractivity contribution is -0.146. The van der Waals surface area contributed by atoms with E-state index in [1.807, 2.05) is 0 Å². The SMILES string of the molecule is Cc1ccncc1N1C(=O)N(C(=O)[C@@H]2CC[C@@H]3CCCC[C@H](N)C(=O)N32)C2(CC2)C1=O. The van der Waals surface area contributed by atoms with Crippen LogP contribution in [0, 0.1) is 6.92 Å². The van der Waals surface area contributed by atoms with Crippen LogP contribution in [-0.4, -0.2) is 62.2 Å². The Morgan fingerprint density at radius 3 is 2.58 bits per heavy atom. The molecule has 1 saturated carbocycles. The first-order valence-corrected chi connectivity index (χ1v) is 11.1. The van der Waals surface area contributed by atoms with Crippen LogP contribution < -0.4 is 10.6 Å². The van der Waals surface area contributed by atoms with Crippen LogP contribution in [0.5, 0.6) is 0 Å². The van der Waals surface area contributed by atoms with Crippen molar-refractivity contribution in [3.63, 3.8) is 0 Å². The third-order valence-electron chi connectivity index (χ3n) is 7.27. The van der Waals surface area contributed by atoms with E-state index in [0.717, 1.165) is 34.6 Å². The fourth-order valence-electron chi connectivity index (χ4n) is 5.39. The number of pyridine rings is 1. The average Bonchev–Trinajstić information content (AvgIpc) is 3.38. The number of aryl methyl sites for hydroxylation is 1. The summed E-state index contributed by atoms with van der Waals surface area (Å²) >= 11 is 0. The maximum absolute atomic E-state index is 13.7. The van der Waals surface area contributed by atoms with Crippen LogP contribution in [0.3, 0.4) is 0 Å². The van der Waals surface area contributed by atoms with Gasteiger partial charge in [0.1, 0.15) is 11.6 Å². The molecule has 9 nitrogen and oxygen atoms in total. The van der Waals surface area contributed by atoms with Gasteiger partial charge in [0.15, 0.2) is 0 Å². The third-order valence-corrected chi connectivity index (χ3v) is 7.27. The third kappa shape index (κ3) is 2.90. The van der Waals surface area contributed by atoms with E-state index in [9.17, 15) is 19.2 Å².